The normalized spacial score (nSPS) is 5.00. The molecule has 0 saturated carbocycles. The quantitative estimate of drug-likeness (QED) is 0.244. The van der Waals surface area contributed by atoms with E-state index in [0.717, 1.165) is 6.42 Å². The molecule has 0 saturated heterocycles. The molecule has 0 aromatic rings. The second-order valence-electron chi connectivity index (χ2n) is 0.854. The van der Waals surface area contributed by atoms with E-state index >= 15 is 0 Å². The zero-order valence-corrected chi connectivity index (χ0v) is 4.12. The van der Waals surface area contributed by atoms with Crippen molar-refractivity contribution in [1.82, 2.24) is 0 Å². The van der Waals surface area contributed by atoms with E-state index < -0.39 is 0 Å². The molecule has 0 aliphatic heterocycles. The monoisotopic (exact) mass is 96.1 g/mol. The van der Waals surface area contributed by atoms with E-state index in [0.29, 0.717) is 0 Å². The van der Waals surface area contributed by atoms with Crippen LogP contribution in [0.4, 0.5) is 0 Å². The SMILES string of the molecule is [CH2-]CCC.[Li+].[SiH4]. The van der Waals surface area contributed by atoms with Crippen molar-refractivity contribution in [2.75, 3.05) is 0 Å². The number of hydrogen-bond donors (Lipinski definition) is 0. The van der Waals surface area contributed by atoms with Gasteiger partial charge in [0.15, 0.2) is 0 Å². The smallest absolute Gasteiger partial charge is 0.343 e. The first kappa shape index (κ1) is 15.8. The van der Waals surface area contributed by atoms with E-state index in [1.165, 1.54) is 6.42 Å². The van der Waals surface area contributed by atoms with Crippen LogP contribution in [0.1, 0.15) is 19.8 Å². The fraction of sp³-hybridized carbons (Fsp3) is 0.750. The Kier molecular flexibility index (Phi) is 44.9. The van der Waals surface area contributed by atoms with Gasteiger partial charge in [-0.25, -0.2) is 0 Å². The minimum atomic E-state index is 0. The third-order valence-corrected chi connectivity index (χ3v) is 0.354. The first-order valence-electron chi connectivity index (χ1n) is 1.71. The van der Waals surface area contributed by atoms with Crippen molar-refractivity contribution in [2.24, 2.45) is 0 Å². The summed E-state index contributed by atoms with van der Waals surface area (Å²) in [7, 11) is 0. The molecule has 0 aromatic carbocycles. The van der Waals surface area contributed by atoms with Gasteiger partial charge < -0.3 is 6.92 Å². The summed E-state index contributed by atoms with van der Waals surface area (Å²) >= 11 is 0. The molecular formula is C4H13LiSi. The predicted octanol–water partition coefficient (Wildman–Crippen LogP) is -2.83. The summed E-state index contributed by atoms with van der Waals surface area (Å²) in [6.45, 7) is 5.72. The van der Waals surface area contributed by atoms with Crippen LogP contribution in [0.15, 0.2) is 0 Å². The molecule has 0 aliphatic rings. The van der Waals surface area contributed by atoms with E-state index in [-0.39, 0.29) is 29.8 Å². The van der Waals surface area contributed by atoms with Gasteiger partial charge in [0, 0.05) is 0 Å². The van der Waals surface area contributed by atoms with Crippen molar-refractivity contribution >= 4 is 11.0 Å². The van der Waals surface area contributed by atoms with Crippen LogP contribution in [0.3, 0.4) is 0 Å². The first-order chi connectivity index (χ1) is 1.91. The number of rotatable bonds is 1. The molecule has 0 radical (unpaired) electrons. The maximum absolute atomic E-state index is 3.60. The van der Waals surface area contributed by atoms with Gasteiger partial charge in [0.05, 0.1) is 0 Å². The van der Waals surface area contributed by atoms with Gasteiger partial charge in [-0.3, -0.25) is 0 Å². The molecule has 0 N–H and O–H groups in total. The topological polar surface area (TPSA) is 0 Å². The zero-order valence-electron chi connectivity index (χ0n) is 4.12. The Morgan fingerprint density at radius 3 is 1.67 bits per heavy atom. The van der Waals surface area contributed by atoms with Crippen molar-refractivity contribution in [3.63, 3.8) is 0 Å². The molecule has 0 bridgehead atoms. The fourth-order valence-corrected chi connectivity index (χ4v) is 0. The van der Waals surface area contributed by atoms with Crippen molar-refractivity contribution in [1.29, 1.82) is 0 Å². The first-order valence-corrected chi connectivity index (χ1v) is 1.71. The van der Waals surface area contributed by atoms with Crippen LogP contribution in [0.25, 0.3) is 0 Å². The summed E-state index contributed by atoms with van der Waals surface area (Å²) in [5.74, 6) is 0. The van der Waals surface area contributed by atoms with Gasteiger partial charge >= 0.3 is 18.9 Å². The maximum atomic E-state index is 3.60. The molecule has 0 fully saturated rings. The fourth-order valence-electron chi connectivity index (χ4n) is 0. The third kappa shape index (κ3) is 21.3. The third-order valence-electron chi connectivity index (χ3n) is 0.354. The second-order valence-corrected chi connectivity index (χ2v) is 0.854. The summed E-state index contributed by atoms with van der Waals surface area (Å²) in [5.41, 5.74) is 0. The Morgan fingerprint density at radius 2 is 1.67 bits per heavy atom. The van der Waals surface area contributed by atoms with Crippen LogP contribution in [0.5, 0.6) is 0 Å². The molecule has 0 unspecified atom stereocenters. The van der Waals surface area contributed by atoms with Crippen LogP contribution in [-0.4, -0.2) is 11.0 Å². The van der Waals surface area contributed by atoms with Crippen LogP contribution >= 0.6 is 0 Å². The summed E-state index contributed by atoms with van der Waals surface area (Å²) in [6.07, 6.45) is 2.28. The van der Waals surface area contributed by atoms with E-state index in [2.05, 4.69) is 13.8 Å². The van der Waals surface area contributed by atoms with E-state index in [1.807, 2.05) is 0 Å². The molecule has 0 heterocycles. The van der Waals surface area contributed by atoms with Crippen molar-refractivity contribution in [2.45, 2.75) is 19.8 Å². The molecule has 0 amide bonds. The molecule has 6 heavy (non-hydrogen) atoms. The molecule has 0 atom stereocenters. The van der Waals surface area contributed by atoms with Gasteiger partial charge in [0.25, 0.3) is 0 Å². The van der Waals surface area contributed by atoms with Crippen LogP contribution < -0.4 is 18.9 Å². The van der Waals surface area contributed by atoms with E-state index in [1.54, 1.807) is 0 Å². The van der Waals surface area contributed by atoms with Crippen molar-refractivity contribution in [3.8, 4) is 0 Å². The largest absolute Gasteiger partial charge is 1.00 e. The van der Waals surface area contributed by atoms with Gasteiger partial charge in [0.2, 0.25) is 0 Å². The molecule has 0 spiro atoms. The van der Waals surface area contributed by atoms with Gasteiger partial charge in [-0.2, -0.15) is 6.42 Å². The van der Waals surface area contributed by atoms with Gasteiger partial charge in [-0.15, -0.1) is 0 Å². The summed E-state index contributed by atoms with van der Waals surface area (Å²) in [5, 5.41) is 0. The number of hydrogen-bond acceptors (Lipinski definition) is 0. The molecule has 0 nitrogen and oxygen atoms in total. The second kappa shape index (κ2) is 17.0. The summed E-state index contributed by atoms with van der Waals surface area (Å²) < 4.78 is 0. The Balaban J connectivity index is -0.0000000450. The summed E-state index contributed by atoms with van der Waals surface area (Å²) in [4.78, 5) is 0. The molecule has 0 aliphatic carbocycles. The van der Waals surface area contributed by atoms with Crippen molar-refractivity contribution in [3.05, 3.63) is 6.92 Å². The van der Waals surface area contributed by atoms with Crippen molar-refractivity contribution < 1.29 is 18.9 Å². The Morgan fingerprint density at radius 1 is 1.50 bits per heavy atom. The van der Waals surface area contributed by atoms with Crippen LogP contribution in [0, 0.1) is 6.92 Å². The summed E-state index contributed by atoms with van der Waals surface area (Å²) in [6, 6.07) is 0. The standard InChI is InChI=1S/C4H9.Li.H4Si/c1-3-4-2;;/h1,3-4H2,2H3;;1H4/q-1;+1;. The Bertz CT molecular complexity index is 9.51. The molecule has 34 valence electrons. The Hall–Kier alpha value is 0.814. The van der Waals surface area contributed by atoms with E-state index in [9.17, 15) is 0 Å². The predicted molar refractivity (Wildman–Crippen MR) is 31.6 cm³/mol. The van der Waals surface area contributed by atoms with Crippen LogP contribution in [0.2, 0.25) is 0 Å². The molecule has 2 heteroatoms. The number of unbranched alkanes of at least 4 members (excludes halogenated alkanes) is 1. The maximum Gasteiger partial charge on any atom is 1.00 e. The zero-order chi connectivity index (χ0) is 3.41. The van der Waals surface area contributed by atoms with Gasteiger partial charge in [-0.05, 0) is 11.0 Å². The minimum absolute atomic E-state index is 0. The average molecular weight is 96.2 g/mol. The Labute approximate surface area is 56.9 Å². The van der Waals surface area contributed by atoms with Gasteiger partial charge in [-0.1, -0.05) is 13.3 Å². The minimum Gasteiger partial charge on any atom is -0.343 e. The van der Waals surface area contributed by atoms with E-state index in [4.69, 9.17) is 0 Å². The molecule has 0 aromatic heterocycles. The van der Waals surface area contributed by atoms with Crippen LogP contribution in [-0.2, 0) is 0 Å². The van der Waals surface area contributed by atoms with Gasteiger partial charge in [0.1, 0.15) is 0 Å². The molecule has 0 rings (SSSR count). The molecular weight excluding hydrogens is 83.1 g/mol. The average Bonchev–Trinajstić information content (AvgIpc) is 1.37.